The van der Waals surface area contributed by atoms with Crippen molar-refractivity contribution in [3.63, 3.8) is 0 Å². The molecule has 0 bridgehead atoms. The zero-order valence-electron chi connectivity index (χ0n) is 16.0. The molecular formula is C22H23NO3S2. The van der Waals surface area contributed by atoms with Crippen LogP contribution in [0.15, 0.2) is 53.4 Å². The van der Waals surface area contributed by atoms with Crippen molar-refractivity contribution in [3.05, 3.63) is 64.6 Å². The maximum Gasteiger partial charge on any atom is 0.266 e. The third kappa shape index (κ3) is 4.94. The quantitative estimate of drug-likeness (QED) is 0.453. The molecule has 0 aromatic heterocycles. The van der Waals surface area contributed by atoms with Gasteiger partial charge in [-0.05, 0) is 49.6 Å². The van der Waals surface area contributed by atoms with E-state index in [0.29, 0.717) is 40.5 Å². The zero-order valence-corrected chi connectivity index (χ0v) is 17.6. The molecule has 0 saturated carbocycles. The molecule has 1 saturated heterocycles. The second kappa shape index (κ2) is 9.75. The van der Waals surface area contributed by atoms with Crippen LogP contribution in [0.1, 0.15) is 25.0 Å². The van der Waals surface area contributed by atoms with Gasteiger partial charge in [-0.1, -0.05) is 60.4 Å². The van der Waals surface area contributed by atoms with E-state index in [2.05, 4.69) is 12.1 Å². The van der Waals surface area contributed by atoms with Gasteiger partial charge in [0.2, 0.25) is 0 Å². The summed E-state index contributed by atoms with van der Waals surface area (Å²) in [5.74, 6) is 1.34. The van der Waals surface area contributed by atoms with Crippen molar-refractivity contribution in [2.45, 2.75) is 20.3 Å². The lowest BCUT2D eigenvalue weighted by molar-refractivity contribution is -0.122. The van der Waals surface area contributed by atoms with Gasteiger partial charge in [0.25, 0.3) is 5.91 Å². The second-order valence-corrected chi connectivity index (χ2v) is 7.82. The van der Waals surface area contributed by atoms with Gasteiger partial charge < -0.3 is 9.47 Å². The van der Waals surface area contributed by atoms with Crippen molar-refractivity contribution < 1.29 is 14.3 Å². The molecule has 0 aliphatic carbocycles. The summed E-state index contributed by atoms with van der Waals surface area (Å²) in [6, 6.07) is 15.8. The molecule has 2 aromatic carbocycles. The van der Waals surface area contributed by atoms with Gasteiger partial charge in [0.05, 0.1) is 18.1 Å². The maximum absolute atomic E-state index is 12.8. The normalized spacial score (nSPS) is 15.4. The molecule has 0 radical (unpaired) electrons. The Labute approximate surface area is 175 Å². The van der Waals surface area contributed by atoms with Crippen LogP contribution >= 0.6 is 24.0 Å². The van der Waals surface area contributed by atoms with Crippen molar-refractivity contribution in [1.29, 1.82) is 0 Å². The van der Waals surface area contributed by atoms with Gasteiger partial charge in [0.1, 0.15) is 4.32 Å². The lowest BCUT2D eigenvalue weighted by Crippen LogP contribution is -2.30. The molecule has 6 heteroatoms. The van der Waals surface area contributed by atoms with Crippen molar-refractivity contribution >= 4 is 40.3 Å². The number of ether oxygens (including phenoxy) is 2. The SMILES string of the molecule is CCOc1ccc(/C=C2/SC(=S)N(CCc3ccccc3)C2=O)cc1OCC. The van der Waals surface area contributed by atoms with E-state index in [1.165, 1.54) is 17.3 Å². The number of hydrogen-bond acceptors (Lipinski definition) is 5. The summed E-state index contributed by atoms with van der Waals surface area (Å²) in [5.41, 5.74) is 2.07. The largest absolute Gasteiger partial charge is 0.490 e. The highest BCUT2D eigenvalue weighted by molar-refractivity contribution is 8.26. The fourth-order valence-electron chi connectivity index (χ4n) is 2.89. The molecule has 3 rings (SSSR count). The van der Waals surface area contributed by atoms with Crippen LogP contribution in [0, 0.1) is 0 Å². The molecule has 0 spiro atoms. The van der Waals surface area contributed by atoms with Gasteiger partial charge in [0.15, 0.2) is 11.5 Å². The van der Waals surface area contributed by atoms with E-state index < -0.39 is 0 Å². The average Bonchev–Trinajstić information content (AvgIpc) is 2.96. The van der Waals surface area contributed by atoms with Gasteiger partial charge in [-0.25, -0.2) is 0 Å². The van der Waals surface area contributed by atoms with E-state index in [9.17, 15) is 4.79 Å². The van der Waals surface area contributed by atoms with Crippen LogP contribution in [0.4, 0.5) is 0 Å². The number of hydrogen-bond donors (Lipinski definition) is 0. The van der Waals surface area contributed by atoms with E-state index in [1.807, 2.05) is 56.3 Å². The first-order chi connectivity index (χ1) is 13.6. The van der Waals surface area contributed by atoms with E-state index >= 15 is 0 Å². The lowest BCUT2D eigenvalue weighted by Gasteiger charge is -2.14. The molecule has 0 unspecified atom stereocenters. The third-order valence-corrected chi connectivity index (χ3v) is 5.58. The Hall–Kier alpha value is -2.31. The zero-order chi connectivity index (χ0) is 19.9. The Kier molecular flexibility index (Phi) is 7.12. The Bertz CT molecular complexity index is 881. The first-order valence-corrected chi connectivity index (χ1v) is 10.5. The fraction of sp³-hybridized carbons (Fsp3) is 0.273. The van der Waals surface area contributed by atoms with Gasteiger partial charge in [0, 0.05) is 6.54 Å². The average molecular weight is 414 g/mol. The Morgan fingerprint density at radius 2 is 1.75 bits per heavy atom. The summed E-state index contributed by atoms with van der Waals surface area (Å²) in [5, 5.41) is 0. The molecule has 1 fully saturated rings. The second-order valence-electron chi connectivity index (χ2n) is 6.14. The van der Waals surface area contributed by atoms with E-state index in [1.54, 1.807) is 4.90 Å². The van der Waals surface area contributed by atoms with Gasteiger partial charge >= 0.3 is 0 Å². The third-order valence-electron chi connectivity index (χ3n) is 4.21. The molecule has 4 nitrogen and oxygen atoms in total. The van der Waals surface area contributed by atoms with Crippen LogP contribution in [0.3, 0.4) is 0 Å². The Morgan fingerprint density at radius 1 is 1.04 bits per heavy atom. The molecule has 1 aliphatic heterocycles. The van der Waals surface area contributed by atoms with Crippen molar-refractivity contribution in [3.8, 4) is 11.5 Å². The molecule has 1 aliphatic rings. The number of amides is 1. The summed E-state index contributed by atoms with van der Waals surface area (Å²) < 4.78 is 11.9. The fourth-order valence-corrected chi connectivity index (χ4v) is 4.20. The van der Waals surface area contributed by atoms with Gasteiger partial charge in [-0.2, -0.15) is 0 Å². The summed E-state index contributed by atoms with van der Waals surface area (Å²) >= 11 is 6.77. The first-order valence-electron chi connectivity index (χ1n) is 9.31. The van der Waals surface area contributed by atoms with Gasteiger partial charge in [-0.3, -0.25) is 9.69 Å². The maximum atomic E-state index is 12.8. The number of rotatable bonds is 8. The Morgan fingerprint density at radius 3 is 2.46 bits per heavy atom. The van der Waals surface area contributed by atoms with Crippen LogP contribution in [0.25, 0.3) is 6.08 Å². The van der Waals surface area contributed by atoms with Crippen molar-refractivity contribution in [2.75, 3.05) is 19.8 Å². The molecule has 1 amide bonds. The smallest absolute Gasteiger partial charge is 0.266 e. The van der Waals surface area contributed by atoms with Crippen LogP contribution in [0.5, 0.6) is 11.5 Å². The van der Waals surface area contributed by atoms with Crippen molar-refractivity contribution in [2.24, 2.45) is 0 Å². The summed E-state index contributed by atoms with van der Waals surface area (Å²) in [6.45, 7) is 5.56. The summed E-state index contributed by atoms with van der Waals surface area (Å²) in [7, 11) is 0. The van der Waals surface area contributed by atoms with E-state index in [-0.39, 0.29) is 5.91 Å². The van der Waals surface area contributed by atoms with E-state index in [0.717, 1.165) is 12.0 Å². The lowest BCUT2D eigenvalue weighted by atomic mass is 10.1. The standard InChI is InChI=1S/C22H23NO3S2/c1-3-25-18-11-10-17(14-19(18)26-4-2)15-20-21(24)23(22(27)28-20)13-12-16-8-6-5-7-9-16/h5-11,14-15H,3-4,12-13H2,1-2H3/b20-15+. The van der Waals surface area contributed by atoms with Crippen LogP contribution < -0.4 is 9.47 Å². The molecule has 2 aromatic rings. The number of carbonyl (C=O) groups excluding carboxylic acids is 1. The number of carbonyl (C=O) groups is 1. The number of nitrogens with zero attached hydrogens (tertiary/aromatic N) is 1. The highest BCUT2D eigenvalue weighted by Gasteiger charge is 2.31. The monoisotopic (exact) mass is 413 g/mol. The van der Waals surface area contributed by atoms with Gasteiger partial charge in [-0.15, -0.1) is 0 Å². The number of thioether (sulfide) groups is 1. The van der Waals surface area contributed by atoms with Crippen LogP contribution in [-0.4, -0.2) is 34.9 Å². The minimum absolute atomic E-state index is 0.0437. The van der Waals surface area contributed by atoms with E-state index in [4.69, 9.17) is 21.7 Å². The predicted molar refractivity (Wildman–Crippen MR) is 119 cm³/mol. The number of thiocarbonyl (C=S) groups is 1. The summed E-state index contributed by atoms with van der Waals surface area (Å²) in [4.78, 5) is 15.1. The molecule has 0 N–H and O–H groups in total. The topological polar surface area (TPSA) is 38.8 Å². The highest BCUT2D eigenvalue weighted by atomic mass is 32.2. The van der Waals surface area contributed by atoms with Crippen LogP contribution in [0.2, 0.25) is 0 Å². The summed E-state index contributed by atoms with van der Waals surface area (Å²) in [6.07, 6.45) is 2.64. The molecular weight excluding hydrogens is 390 g/mol. The van der Waals surface area contributed by atoms with Crippen LogP contribution in [-0.2, 0) is 11.2 Å². The molecule has 146 valence electrons. The highest BCUT2D eigenvalue weighted by Crippen LogP contribution is 2.35. The molecule has 1 heterocycles. The number of benzene rings is 2. The molecule has 0 atom stereocenters. The minimum atomic E-state index is -0.0437. The predicted octanol–water partition coefficient (Wildman–Crippen LogP) is 4.93. The first kappa shape index (κ1) is 20.4. The van der Waals surface area contributed by atoms with Crippen molar-refractivity contribution in [1.82, 2.24) is 4.90 Å². The Balaban J connectivity index is 1.74. The minimum Gasteiger partial charge on any atom is -0.490 e. The molecule has 28 heavy (non-hydrogen) atoms.